The van der Waals surface area contributed by atoms with E-state index in [2.05, 4.69) is 23.8 Å². The Labute approximate surface area is 74.1 Å². The van der Waals surface area contributed by atoms with Crippen molar-refractivity contribution in [2.45, 2.75) is 39.5 Å². The Morgan fingerprint density at radius 1 is 1.33 bits per heavy atom. The number of aryl methyl sites for hydroxylation is 1. The van der Waals surface area contributed by atoms with Gasteiger partial charge in [0.25, 0.3) is 0 Å². The van der Waals surface area contributed by atoms with Gasteiger partial charge in [0.05, 0.1) is 11.4 Å². The lowest BCUT2D eigenvalue weighted by atomic mass is 10.0. The van der Waals surface area contributed by atoms with Gasteiger partial charge < -0.3 is 0 Å². The van der Waals surface area contributed by atoms with Crippen LogP contribution in [0.4, 0.5) is 0 Å². The number of hydrogen-bond acceptors (Lipinski definition) is 2. The maximum Gasteiger partial charge on any atom is 0.0615 e. The van der Waals surface area contributed by atoms with E-state index in [1.807, 2.05) is 19.3 Å². The highest BCUT2D eigenvalue weighted by Gasteiger charge is 2.04. The van der Waals surface area contributed by atoms with Crippen LogP contribution in [0.25, 0.3) is 0 Å². The molecule has 1 atom stereocenters. The van der Waals surface area contributed by atoms with Gasteiger partial charge in [-0.15, -0.1) is 0 Å². The van der Waals surface area contributed by atoms with Gasteiger partial charge in [0.2, 0.25) is 0 Å². The van der Waals surface area contributed by atoms with E-state index >= 15 is 0 Å². The standard InChI is InChI=1S/C10H16N2/c1-4-5-8(2)10-7-11-9(3)6-12-10/h6-8H,4-5H2,1-3H3. The highest BCUT2D eigenvalue weighted by molar-refractivity contribution is 5.05. The summed E-state index contributed by atoms with van der Waals surface area (Å²) in [4.78, 5) is 8.55. The molecule has 0 bridgehead atoms. The highest BCUT2D eigenvalue weighted by atomic mass is 14.8. The van der Waals surface area contributed by atoms with E-state index in [0.29, 0.717) is 5.92 Å². The molecule has 0 N–H and O–H groups in total. The van der Waals surface area contributed by atoms with Gasteiger partial charge in [-0.3, -0.25) is 9.97 Å². The molecule has 1 aromatic heterocycles. The Kier molecular flexibility index (Phi) is 3.20. The van der Waals surface area contributed by atoms with Gasteiger partial charge in [-0.2, -0.15) is 0 Å². The van der Waals surface area contributed by atoms with Gasteiger partial charge in [0.1, 0.15) is 0 Å². The molecule has 0 fully saturated rings. The Morgan fingerprint density at radius 2 is 2.08 bits per heavy atom. The van der Waals surface area contributed by atoms with Crippen molar-refractivity contribution < 1.29 is 0 Å². The Bertz CT molecular complexity index is 228. The van der Waals surface area contributed by atoms with Gasteiger partial charge in [0.15, 0.2) is 0 Å². The summed E-state index contributed by atoms with van der Waals surface area (Å²) < 4.78 is 0. The molecule has 0 saturated heterocycles. The third kappa shape index (κ3) is 2.29. The zero-order chi connectivity index (χ0) is 8.97. The third-order valence-electron chi connectivity index (χ3n) is 2.03. The third-order valence-corrected chi connectivity index (χ3v) is 2.03. The van der Waals surface area contributed by atoms with Crippen LogP contribution in [0.1, 0.15) is 44.0 Å². The van der Waals surface area contributed by atoms with Crippen LogP contribution in [0.2, 0.25) is 0 Å². The lowest BCUT2D eigenvalue weighted by molar-refractivity contribution is 0.643. The Hall–Kier alpha value is -0.920. The number of rotatable bonds is 3. The number of hydrogen-bond donors (Lipinski definition) is 0. The van der Waals surface area contributed by atoms with Crippen LogP contribution < -0.4 is 0 Å². The average Bonchev–Trinajstić information content (AvgIpc) is 2.06. The summed E-state index contributed by atoms with van der Waals surface area (Å²) in [6.45, 7) is 6.35. The molecule has 0 aliphatic heterocycles. The van der Waals surface area contributed by atoms with Crippen LogP contribution in [0, 0.1) is 6.92 Å². The molecule has 12 heavy (non-hydrogen) atoms. The van der Waals surface area contributed by atoms with E-state index in [9.17, 15) is 0 Å². The topological polar surface area (TPSA) is 25.8 Å². The lowest BCUT2D eigenvalue weighted by Crippen LogP contribution is -1.98. The second-order valence-electron chi connectivity index (χ2n) is 3.27. The van der Waals surface area contributed by atoms with Crippen molar-refractivity contribution in [3.8, 4) is 0 Å². The molecule has 1 rings (SSSR count). The summed E-state index contributed by atoms with van der Waals surface area (Å²) in [5.41, 5.74) is 2.10. The van der Waals surface area contributed by atoms with Gasteiger partial charge >= 0.3 is 0 Å². The first-order valence-electron chi connectivity index (χ1n) is 4.52. The normalized spacial score (nSPS) is 12.9. The fourth-order valence-corrected chi connectivity index (χ4v) is 1.24. The molecule has 0 aliphatic rings. The molecule has 0 aromatic carbocycles. The molecule has 1 aromatic rings. The van der Waals surface area contributed by atoms with Crippen molar-refractivity contribution in [3.63, 3.8) is 0 Å². The van der Waals surface area contributed by atoms with Gasteiger partial charge in [-0.05, 0) is 19.3 Å². The number of nitrogens with zero attached hydrogens (tertiary/aromatic N) is 2. The van der Waals surface area contributed by atoms with E-state index < -0.39 is 0 Å². The first kappa shape index (κ1) is 9.17. The molecular weight excluding hydrogens is 148 g/mol. The summed E-state index contributed by atoms with van der Waals surface area (Å²) in [6.07, 6.45) is 6.12. The zero-order valence-electron chi connectivity index (χ0n) is 8.04. The van der Waals surface area contributed by atoms with Crippen molar-refractivity contribution >= 4 is 0 Å². The lowest BCUT2D eigenvalue weighted by Gasteiger charge is -2.07. The largest absolute Gasteiger partial charge is 0.258 e. The second-order valence-corrected chi connectivity index (χ2v) is 3.27. The smallest absolute Gasteiger partial charge is 0.0615 e. The molecule has 2 nitrogen and oxygen atoms in total. The van der Waals surface area contributed by atoms with E-state index in [-0.39, 0.29) is 0 Å². The molecule has 66 valence electrons. The molecule has 1 heterocycles. The van der Waals surface area contributed by atoms with Crippen molar-refractivity contribution in [2.75, 3.05) is 0 Å². The molecule has 0 aliphatic carbocycles. The van der Waals surface area contributed by atoms with E-state index in [1.165, 1.54) is 12.8 Å². The van der Waals surface area contributed by atoms with Crippen LogP contribution in [-0.2, 0) is 0 Å². The minimum atomic E-state index is 0.545. The van der Waals surface area contributed by atoms with Crippen molar-refractivity contribution in [2.24, 2.45) is 0 Å². The summed E-state index contributed by atoms with van der Waals surface area (Å²) in [7, 11) is 0. The summed E-state index contributed by atoms with van der Waals surface area (Å²) in [6, 6.07) is 0. The molecule has 0 amide bonds. The average molecular weight is 164 g/mol. The molecule has 0 saturated carbocycles. The van der Waals surface area contributed by atoms with Crippen LogP contribution >= 0.6 is 0 Å². The minimum Gasteiger partial charge on any atom is -0.258 e. The van der Waals surface area contributed by atoms with Crippen LogP contribution in [0.15, 0.2) is 12.4 Å². The quantitative estimate of drug-likeness (QED) is 0.686. The molecular formula is C10H16N2. The summed E-state index contributed by atoms with van der Waals surface area (Å²) in [5.74, 6) is 0.545. The van der Waals surface area contributed by atoms with E-state index in [4.69, 9.17) is 0 Å². The predicted octanol–water partition coefficient (Wildman–Crippen LogP) is 2.69. The van der Waals surface area contributed by atoms with Crippen molar-refractivity contribution in [3.05, 3.63) is 23.8 Å². The second kappa shape index (κ2) is 4.19. The van der Waals surface area contributed by atoms with E-state index in [1.54, 1.807) is 0 Å². The van der Waals surface area contributed by atoms with Gasteiger partial charge in [0, 0.05) is 12.4 Å². The van der Waals surface area contributed by atoms with Gasteiger partial charge in [-0.1, -0.05) is 20.3 Å². The van der Waals surface area contributed by atoms with Crippen LogP contribution in [-0.4, -0.2) is 9.97 Å². The minimum absolute atomic E-state index is 0.545. The molecule has 2 heteroatoms. The Morgan fingerprint density at radius 3 is 2.58 bits per heavy atom. The van der Waals surface area contributed by atoms with Crippen LogP contribution in [0.3, 0.4) is 0 Å². The summed E-state index contributed by atoms with van der Waals surface area (Å²) >= 11 is 0. The SMILES string of the molecule is CCCC(C)c1cnc(C)cn1. The fourth-order valence-electron chi connectivity index (χ4n) is 1.24. The van der Waals surface area contributed by atoms with Gasteiger partial charge in [-0.25, -0.2) is 0 Å². The molecule has 1 unspecified atom stereocenters. The predicted molar refractivity (Wildman–Crippen MR) is 50.1 cm³/mol. The van der Waals surface area contributed by atoms with Crippen LogP contribution in [0.5, 0.6) is 0 Å². The first-order chi connectivity index (χ1) is 5.74. The zero-order valence-corrected chi connectivity index (χ0v) is 8.04. The first-order valence-corrected chi connectivity index (χ1v) is 4.52. The van der Waals surface area contributed by atoms with Crippen molar-refractivity contribution in [1.29, 1.82) is 0 Å². The fraction of sp³-hybridized carbons (Fsp3) is 0.600. The maximum absolute atomic E-state index is 4.33. The van der Waals surface area contributed by atoms with Crippen molar-refractivity contribution in [1.82, 2.24) is 9.97 Å². The molecule has 0 radical (unpaired) electrons. The molecule has 0 spiro atoms. The number of aromatic nitrogens is 2. The van der Waals surface area contributed by atoms with E-state index in [0.717, 1.165) is 11.4 Å². The Balaban J connectivity index is 2.68. The maximum atomic E-state index is 4.33. The highest BCUT2D eigenvalue weighted by Crippen LogP contribution is 2.16. The summed E-state index contributed by atoms with van der Waals surface area (Å²) in [5, 5.41) is 0. The monoisotopic (exact) mass is 164 g/mol.